The largest absolute Gasteiger partial charge is 0.340 e. The number of fused-ring (bicyclic) bond motifs is 1. The first-order valence-corrected chi connectivity index (χ1v) is 7.80. The summed E-state index contributed by atoms with van der Waals surface area (Å²) < 4.78 is 0. The van der Waals surface area contributed by atoms with Gasteiger partial charge in [0.15, 0.2) is 0 Å². The number of rotatable bonds is 2. The molecule has 2 N–H and O–H groups in total. The van der Waals surface area contributed by atoms with Gasteiger partial charge in [-0.2, -0.15) is 0 Å². The van der Waals surface area contributed by atoms with Crippen LogP contribution in [0.25, 0.3) is 0 Å². The van der Waals surface area contributed by atoms with E-state index < -0.39 is 5.91 Å². The zero-order valence-electron chi connectivity index (χ0n) is 13.1. The molecule has 3 rings (SSSR count). The molecule has 1 spiro atoms. The smallest absolute Gasteiger partial charge is 0.274 e. The number of benzene rings is 1. The molecule has 118 valence electrons. The summed E-state index contributed by atoms with van der Waals surface area (Å²) in [7, 11) is 0. The van der Waals surface area contributed by atoms with Crippen molar-refractivity contribution in [3.05, 3.63) is 34.9 Å². The first kappa shape index (κ1) is 15.0. The Morgan fingerprint density at radius 1 is 1.32 bits per heavy atom. The molecule has 1 saturated heterocycles. The molecule has 1 aromatic carbocycles. The third-order valence-electron chi connectivity index (χ3n) is 5.04. The Bertz CT molecular complexity index is 626. The molecule has 5 heteroatoms. The molecule has 1 aromatic rings. The number of hydrogen-bond donors (Lipinski definition) is 2. The highest BCUT2D eigenvalue weighted by molar-refractivity contribution is 5.93. The van der Waals surface area contributed by atoms with Gasteiger partial charge in [0.25, 0.3) is 5.91 Å². The molecule has 0 aromatic heterocycles. The summed E-state index contributed by atoms with van der Waals surface area (Å²) in [6.07, 6.45) is 3.38. The maximum absolute atomic E-state index is 12.3. The molecule has 2 amide bonds. The standard InChI is InChI=1S/C17H22N2O3/c1-11(2)19-10-17(9-15(19)20)6-5-12-3-4-13(16(21)18-22)7-14(12)8-17/h3-4,7,11,22H,5-6,8-10H2,1-2H3,(H,18,21)/t17-/m0/s1. The fourth-order valence-electron chi connectivity index (χ4n) is 3.82. The van der Waals surface area contributed by atoms with Gasteiger partial charge in [0.2, 0.25) is 5.91 Å². The van der Waals surface area contributed by atoms with Crippen LogP contribution >= 0.6 is 0 Å². The Morgan fingerprint density at radius 3 is 2.73 bits per heavy atom. The molecule has 1 heterocycles. The molecule has 0 saturated carbocycles. The predicted molar refractivity (Wildman–Crippen MR) is 81.6 cm³/mol. The number of nitrogens with one attached hydrogen (secondary N) is 1. The first-order valence-electron chi connectivity index (χ1n) is 7.80. The van der Waals surface area contributed by atoms with Crippen molar-refractivity contribution in [2.45, 2.75) is 45.6 Å². The van der Waals surface area contributed by atoms with Gasteiger partial charge in [0.1, 0.15) is 0 Å². The topological polar surface area (TPSA) is 69.6 Å². The highest BCUT2D eigenvalue weighted by Gasteiger charge is 2.45. The van der Waals surface area contributed by atoms with Crippen molar-refractivity contribution in [1.82, 2.24) is 10.4 Å². The quantitative estimate of drug-likeness (QED) is 0.648. The molecular formula is C17H22N2O3. The summed E-state index contributed by atoms with van der Waals surface area (Å²) >= 11 is 0. The average Bonchev–Trinajstić information content (AvgIpc) is 2.82. The molecule has 1 atom stereocenters. The van der Waals surface area contributed by atoms with Crippen LogP contribution in [0, 0.1) is 5.41 Å². The van der Waals surface area contributed by atoms with Gasteiger partial charge in [0, 0.05) is 30.0 Å². The maximum atomic E-state index is 12.3. The van der Waals surface area contributed by atoms with Crippen molar-refractivity contribution < 1.29 is 14.8 Å². The SMILES string of the molecule is CC(C)N1C[C@]2(CCc3ccc(C(=O)NO)cc3C2)CC1=O. The molecule has 0 radical (unpaired) electrons. The Balaban J connectivity index is 1.87. The van der Waals surface area contributed by atoms with E-state index in [4.69, 9.17) is 5.21 Å². The highest BCUT2D eigenvalue weighted by atomic mass is 16.5. The Labute approximate surface area is 130 Å². The van der Waals surface area contributed by atoms with Gasteiger partial charge in [-0.15, -0.1) is 0 Å². The van der Waals surface area contributed by atoms with Crippen molar-refractivity contribution >= 4 is 11.8 Å². The molecule has 0 unspecified atom stereocenters. The molecular weight excluding hydrogens is 280 g/mol. The van der Waals surface area contributed by atoms with Gasteiger partial charge >= 0.3 is 0 Å². The van der Waals surface area contributed by atoms with Gasteiger partial charge < -0.3 is 4.90 Å². The van der Waals surface area contributed by atoms with Crippen LogP contribution in [0.2, 0.25) is 0 Å². The molecule has 22 heavy (non-hydrogen) atoms. The summed E-state index contributed by atoms with van der Waals surface area (Å²) in [6, 6.07) is 5.79. The second-order valence-electron chi connectivity index (χ2n) is 6.89. The Morgan fingerprint density at radius 2 is 2.09 bits per heavy atom. The van der Waals surface area contributed by atoms with E-state index in [0.717, 1.165) is 31.4 Å². The van der Waals surface area contributed by atoms with Crippen LogP contribution < -0.4 is 5.48 Å². The van der Waals surface area contributed by atoms with Crippen molar-refractivity contribution in [3.63, 3.8) is 0 Å². The van der Waals surface area contributed by atoms with E-state index in [1.807, 2.05) is 17.0 Å². The van der Waals surface area contributed by atoms with Crippen LogP contribution in [0.3, 0.4) is 0 Å². The number of aryl methyl sites for hydroxylation is 1. The van der Waals surface area contributed by atoms with Gasteiger partial charge in [-0.05, 0) is 56.4 Å². The van der Waals surface area contributed by atoms with E-state index in [0.29, 0.717) is 12.0 Å². The minimum atomic E-state index is -0.492. The minimum absolute atomic E-state index is 0.00265. The number of carbonyl (C=O) groups excluding carboxylic acids is 2. The average molecular weight is 302 g/mol. The molecule has 1 aliphatic heterocycles. The van der Waals surface area contributed by atoms with Crippen molar-refractivity contribution in [3.8, 4) is 0 Å². The maximum Gasteiger partial charge on any atom is 0.274 e. The second-order valence-corrected chi connectivity index (χ2v) is 6.89. The zero-order valence-corrected chi connectivity index (χ0v) is 13.1. The van der Waals surface area contributed by atoms with Crippen LogP contribution in [-0.4, -0.2) is 34.5 Å². The lowest BCUT2D eigenvalue weighted by Gasteiger charge is -2.35. The van der Waals surface area contributed by atoms with Crippen LogP contribution in [0.5, 0.6) is 0 Å². The molecule has 2 aliphatic rings. The lowest BCUT2D eigenvalue weighted by molar-refractivity contribution is -0.129. The number of carbonyl (C=O) groups is 2. The Kier molecular flexibility index (Phi) is 3.68. The second kappa shape index (κ2) is 5.39. The van der Waals surface area contributed by atoms with E-state index in [-0.39, 0.29) is 17.4 Å². The fourth-order valence-corrected chi connectivity index (χ4v) is 3.82. The van der Waals surface area contributed by atoms with E-state index in [9.17, 15) is 9.59 Å². The highest BCUT2D eigenvalue weighted by Crippen LogP contribution is 2.43. The summed E-state index contributed by atoms with van der Waals surface area (Å²) in [5, 5.41) is 8.78. The van der Waals surface area contributed by atoms with E-state index in [1.165, 1.54) is 5.56 Å². The molecule has 1 fully saturated rings. The minimum Gasteiger partial charge on any atom is -0.340 e. The van der Waals surface area contributed by atoms with Crippen molar-refractivity contribution in [2.24, 2.45) is 5.41 Å². The van der Waals surface area contributed by atoms with Crippen molar-refractivity contribution in [2.75, 3.05) is 6.54 Å². The third-order valence-corrected chi connectivity index (χ3v) is 5.04. The summed E-state index contributed by atoms with van der Waals surface area (Å²) in [4.78, 5) is 25.8. The number of hydroxylamine groups is 1. The summed E-state index contributed by atoms with van der Waals surface area (Å²) in [5.41, 5.74) is 4.52. The molecule has 5 nitrogen and oxygen atoms in total. The van der Waals surface area contributed by atoms with Crippen LogP contribution in [-0.2, 0) is 17.6 Å². The van der Waals surface area contributed by atoms with E-state index >= 15 is 0 Å². The number of nitrogens with zero attached hydrogens (tertiary/aromatic N) is 1. The first-order chi connectivity index (χ1) is 10.4. The number of likely N-dealkylation sites (tertiary alicyclic amines) is 1. The molecule has 0 bridgehead atoms. The number of hydrogen-bond acceptors (Lipinski definition) is 3. The normalized spacial score (nSPS) is 24.0. The summed E-state index contributed by atoms with van der Waals surface area (Å²) in [5.74, 6) is -0.253. The van der Waals surface area contributed by atoms with Gasteiger partial charge in [0.05, 0.1) is 0 Å². The fraction of sp³-hybridized carbons (Fsp3) is 0.529. The van der Waals surface area contributed by atoms with Crippen LogP contribution in [0.1, 0.15) is 48.2 Å². The number of amides is 2. The van der Waals surface area contributed by atoms with Gasteiger partial charge in [-0.1, -0.05) is 6.07 Å². The lowest BCUT2D eigenvalue weighted by Crippen LogP contribution is -2.36. The van der Waals surface area contributed by atoms with Crippen molar-refractivity contribution in [1.29, 1.82) is 0 Å². The van der Waals surface area contributed by atoms with Gasteiger partial charge in [-0.3, -0.25) is 14.8 Å². The van der Waals surface area contributed by atoms with Gasteiger partial charge in [-0.25, -0.2) is 5.48 Å². The van der Waals surface area contributed by atoms with E-state index in [2.05, 4.69) is 13.8 Å². The van der Waals surface area contributed by atoms with E-state index in [1.54, 1.807) is 11.5 Å². The zero-order chi connectivity index (χ0) is 15.9. The van der Waals surface area contributed by atoms with Crippen LogP contribution in [0.4, 0.5) is 0 Å². The summed E-state index contributed by atoms with van der Waals surface area (Å²) in [6.45, 7) is 4.91. The monoisotopic (exact) mass is 302 g/mol. The predicted octanol–water partition coefficient (Wildman–Crippen LogP) is 1.92. The lowest BCUT2D eigenvalue weighted by atomic mass is 9.70. The third kappa shape index (κ3) is 2.50. The molecule has 1 aliphatic carbocycles. The van der Waals surface area contributed by atoms with Crippen LogP contribution in [0.15, 0.2) is 18.2 Å². The Hall–Kier alpha value is -1.88.